The van der Waals surface area contributed by atoms with Gasteiger partial charge in [-0.05, 0) is 45.7 Å². The number of hydrogen-bond donors (Lipinski definition) is 1. The highest BCUT2D eigenvalue weighted by atomic mass is 32.2. The SMILES string of the molecule is CCCNCC(CC)CCS(=O)(=O)C(C)C. The summed E-state index contributed by atoms with van der Waals surface area (Å²) in [5.74, 6) is 0.817. The lowest BCUT2D eigenvalue weighted by atomic mass is 10.0. The molecule has 0 heterocycles. The van der Waals surface area contributed by atoms with Crippen LogP contribution in [-0.4, -0.2) is 32.5 Å². The smallest absolute Gasteiger partial charge is 0.152 e. The van der Waals surface area contributed by atoms with E-state index in [1.54, 1.807) is 13.8 Å². The van der Waals surface area contributed by atoms with Gasteiger partial charge < -0.3 is 5.32 Å². The fraction of sp³-hybridized carbons (Fsp3) is 1.00. The van der Waals surface area contributed by atoms with Crippen LogP contribution in [0.15, 0.2) is 0 Å². The number of rotatable bonds is 9. The van der Waals surface area contributed by atoms with Gasteiger partial charge in [-0.3, -0.25) is 0 Å². The number of sulfone groups is 1. The standard InChI is InChI=1S/C12H27NO2S/c1-5-8-13-10-12(6-2)7-9-16(14,15)11(3)4/h11-13H,5-10H2,1-4H3. The topological polar surface area (TPSA) is 46.2 Å². The second kappa shape index (κ2) is 8.07. The van der Waals surface area contributed by atoms with Crippen molar-refractivity contribution in [2.24, 2.45) is 5.92 Å². The van der Waals surface area contributed by atoms with Crippen molar-refractivity contribution in [2.75, 3.05) is 18.8 Å². The Bertz CT molecular complexity index is 260. The molecule has 0 aliphatic heterocycles. The molecule has 98 valence electrons. The molecule has 1 N–H and O–H groups in total. The maximum Gasteiger partial charge on any atom is 0.152 e. The number of nitrogens with one attached hydrogen (secondary N) is 1. The van der Waals surface area contributed by atoms with Crippen LogP contribution in [-0.2, 0) is 9.84 Å². The molecule has 16 heavy (non-hydrogen) atoms. The molecule has 3 nitrogen and oxygen atoms in total. The summed E-state index contributed by atoms with van der Waals surface area (Å²) in [4.78, 5) is 0. The first kappa shape index (κ1) is 15.9. The van der Waals surface area contributed by atoms with Crippen LogP contribution in [0.25, 0.3) is 0 Å². The highest BCUT2D eigenvalue weighted by Gasteiger charge is 2.18. The summed E-state index contributed by atoms with van der Waals surface area (Å²) in [6.45, 7) is 9.74. The molecule has 0 aliphatic rings. The molecule has 0 aromatic carbocycles. The number of hydrogen-bond acceptors (Lipinski definition) is 3. The minimum atomic E-state index is -2.86. The van der Waals surface area contributed by atoms with E-state index in [0.717, 1.165) is 32.4 Å². The Balaban J connectivity index is 3.96. The zero-order valence-electron chi connectivity index (χ0n) is 11.1. The van der Waals surface area contributed by atoms with Crippen LogP contribution in [0.4, 0.5) is 0 Å². The molecule has 4 heteroatoms. The zero-order valence-corrected chi connectivity index (χ0v) is 11.9. The van der Waals surface area contributed by atoms with Crippen molar-refractivity contribution in [3.8, 4) is 0 Å². The van der Waals surface area contributed by atoms with Gasteiger partial charge in [-0.2, -0.15) is 0 Å². The van der Waals surface area contributed by atoms with Crippen molar-refractivity contribution in [3.63, 3.8) is 0 Å². The van der Waals surface area contributed by atoms with Gasteiger partial charge in [-0.15, -0.1) is 0 Å². The van der Waals surface area contributed by atoms with Gasteiger partial charge in [0.05, 0.1) is 11.0 Å². The van der Waals surface area contributed by atoms with E-state index < -0.39 is 9.84 Å². The second-order valence-corrected chi connectivity index (χ2v) is 7.36. The van der Waals surface area contributed by atoms with Crippen LogP contribution in [0.5, 0.6) is 0 Å². The van der Waals surface area contributed by atoms with Gasteiger partial charge in [0.15, 0.2) is 9.84 Å². The van der Waals surface area contributed by atoms with E-state index >= 15 is 0 Å². The summed E-state index contributed by atoms with van der Waals surface area (Å²) < 4.78 is 23.3. The Hall–Kier alpha value is -0.0900. The van der Waals surface area contributed by atoms with Crippen LogP contribution in [0.2, 0.25) is 0 Å². The van der Waals surface area contributed by atoms with E-state index in [1.165, 1.54) is 0 Å². The van der Waals surface area contributed by atoms with Crippen molar-refractivity contribution < 1.29 is 8.42 Å². The molecule has 0 saturated heterocycles. The van der Waals surface area contributed by atoms with E-state index in [0.29, 0.717) is 11.7 Å². The Morgan fingerprint density at radius 3 is 2.25 bits per heavy atom. The molecule has 0 bridgehead atoms. The van der Waals surface area contributed by atoms with Crippen molar-refractivity contribution in [1.82, 2.24) is 5.32 Å². The third-order valence-corrected chi connectivity index (χ3v) is 5.21. The van der Waals surface area contributed by atoms with E-state index in [-0.39, 0.29) is 5.25 Å². The minimum absolute atomic E-state index is 0.242. The molecular weight excluding hydrogens is 222 g/mol. The third kappa shape index (κ3) is 6.48. The predicted molar refractivity (Wildman–Crippen MR) is 70.5 cm³/mol. The van der Waals surface area contributed by atoms with Crippen molar-refractivity contribution in [3.05, 3.63) is 0 Å². The molecule has 0 aliphatic carbocycles. The largest absolute Gasteiger partial charge is 0.316 e. The van der Waals surface area contributed by atoms with Crippen molar-refractivity contribution >= 4 is 9.84 Å². The lowest BCUT2D eigenvalue weighted by molar-refractivity contribution is 0.448. The van der Waals surface area contributed by atoms with Crippen molar-refractivity contribution in [2.45, 2.75) is 52.2 Å². The Kier molecular flexibility index (Phi) is 8.02. The van der Waals surface area contributed by atoms with Gasteiger partial charge in [0, 0.05) is 0 Å². The molecule has 0 fully saturated rings. The van der Waals surface area contributed by atoms with Crippen LogP contribution >= 0.6 is 0 Å². The Morgan fingerprint density at radius 1 is 1.19 bits per heavy atom. The summed E-state index contributed by atoms with van der Waals surface area (Å²) in [6.07, 6.45) is 2.96. The summed E-state index contributed by atoms with van der Waals surface area (Å²) in [7, 11) is -2.86. The zero-order chi connectivity index (χ0) is 12.6. The summed E-state index contributed by atoms with van der Waals surface area (Å²) >= 11 is 0. The Labute approximate surface area is 101 Å². The maximum atomic E-state index is 11.7. The first-order valence-corrected chi connectivity index (χ1v) is 8.07. The van der Waals surface area contributed by atoms with Gasteiger partial charge in [0.1, 0.15) is 0 Å². The van der Waals surface area contributed by atoms with E-state index in [4.69, 9.17) is 0 Å². The minimum Gasteiger partial charge on any atom is -0.316 e. The first-order chi connectivity index (χ1) is 7.44. The molecule has 0 rings (SSSR count). The molecule has 0 saturated carbocycles. The fourth-order valence-corrected chi connectivity index (χ4v) is 2.63. The van der Waals surface area contributed by atoms with Gasteiger partial charge in [0.2, 0.25) is 0 Å². The van der Waals surface area contributed by atoms with Crippen molar-refractivity contribution in [1.29, 1.82) is 0 Å². The fourth-order valence-electron chi connectivity index (χ4n) is 1.50. The van der Waals surface area contributed by atoms with Gasteiger partial charge in [0.25, 0.3) is 0 Å². The van der Waals surface area contributed by atoms with E-state index in [1.807, 2.05) is 0 Å². The van der Waals surface area contributed by atoms with Crippen LogP contribution in [0.1, 0.15) is 47.0 Å². The quantitative estimate of drug-likeness (QED) is 0.637. The summed E-state index contributed by atoms with van der Waals surface area (Å²) in [5.41, 5.74) is 0. The van der Waals surface area contributed by atoms with Gasteiger partial charge in [-0.25, -0.2) is 8.42 Å². The lowest BCUT2D eigenvalue weighted by Crippen LogP contribution is -2.26. The Morgan fingerprint density at radius 2 is 1.81 bits per heavy atom. The molecule has 0 spiro atoms. The van der Waals surface area contributed by atoms with Crippen LogP contribution < -0.4 is 5.32 Å². The second-order valence-electron chi connectivity index (χ2n) is 4.68. The lowest BCUT2D eigenvalue weighted by Gasteiger charge is -2.16. The molecular formula is C12H27NO2S. The van der Waals surface area contributed by atoms with E-state index in [2.05, 4.69) is 19.2 Å². The average molecular weight is 249 g/mol. The normalized spacial score (nSPS) is 14.3. The molecule has 0 radical (unpaired) electrons. The summed E-state index contributed by atoms with van der Waals surface area (Å²) in [6, 6.07) is 0. The molecule has 1 unspecified atom stereocenters. The van der Waals surface area contributed by atoms with Crippen LogP contribution in [0, 0.1) is 5.92 Å². The molecule has 0 aromatic heterocycles. The molecule has 1 atom stereocenters. The monoisotopic (exact) mass is 249 g/mol. The highest BCUT2D eigenvalue weighted by molar-refractivity contribution is 7.91. The summed E-state index contributed by atoms with van der Waals surface area (Å²) in [5, 5.41) is 3.11. The molecule has 0 aromatic rings. The highest BCUT2D eigenvalue weighted by Crippen LogP contribution is 2.11. The third-order valence-electron chi connectivity index (χ3n) is 2.97. The molecule has 0 amide bonds. The van der Waals surface area contributed by atoms with Gasteiger partial charge in [-0.1, -0.05) is 20.3 Å². The van der Waals surface area contributed by atoms with Crippen LogP contribution in [0.3, 0.4) is 0 Å². The maximum absolute atomic E-state index is 11.7. The predicted octanol–water partition coefficient (Wildman–Crippen LogP) is 2.23. The van der Waals surface area contributed by atoms with E-state index in [9.17, 15) is 8.42 Å². The average Bonchev–Trinajstić information content (AvgIpc) is 2.23. The first-order valence-electron chi connectivity index (χ1n) is 6.36. The van der Waals surface area contributed by atoms with Gasteiger partial charge >= 0.3 is 0 Å².